The summed E-state index contributed by atoms with van der Waals surface area (Å²) in [7, 11) is 4.07. The molecule has 0 aliphatic rings. The Morgan fingerprint density at radius 3 is 2.85 bits per heavy atom. The summed E-state index contributed by atoms with van der Waals surface area (Å²) in [5.41, 5.74) is 4.22. The van der Waals surface area contributed by atoms with Gasteiger partial charge in [-0.3, -0.25) is 0 Å². The van der Waals surface area contributed by atoms with Gasteiger partial charge in [0.1, 0.15) is 0 Å². The van der Waals surface area contributed by atoms with Crippen molar-refractivity contribution in [3.8, 4) is 0 Å². The zero-order valence-electron chi connectivity index (χ0n) is 12.5. The predicted molar refractivity (Wildman–Crippen MR) is 87.8 cm³/mol. The molecule has 0 bridgehead atoms. The highest BCUT2D eigenvalue weighted by atomic mass is 32.1. The topological polar surface area (TPSA) is 41.1 Å². The van der Waals surface area contributed by atoms with Gasteiger partial charge in [0.05, 0.1) is 23.4 Å². The van der Waals surface area contributed by atoms with Crippen LogP contribution in [0.15, 0.2) is 10.9 Å². The molecule has 0 saturated carbocycles. The summed E-state index contributed by atoms with van der Waals surface area (Å²) in [5, 5.41) is 6.42. The average Bonchev–Trinajstić information content (AvgIpc) is 3.08. The van der Waals surface area contributed by atoms with Crippen LogP contribution in [-0.2, 0) is 13.1 Å². The van der Waals surface area contributed by atoms with Gasteiger partial charge in [0.25, 0.3) is 0 Å². The highest BCUT2D eigenvalue weighted by Gasteiger charge is 2.17. The summed E-state index contributed by atoms with van der Waals surface area (Å²) in [6, 6.07) is 0. The van der Waals surface area contributed by atoms with Crippen LogP contribution in [0.4, 0.5) is 5.13 Å². The van der Waals surface area contributed by atoms with Gasteiger partial charge < -0.3 is 10.2 Å². The minimum absolute atomic E-state index is 0.510. The molecule has 0 spiro atoms. The summed E-state index contributed by atoms with van der Waals surface area (Å²) < 4.78 is 0. The third-order valence-electron chi connectivity index (χ3n) is 3.34. The monoisotopic (exact) mass is 310 g/mol. The summed E-state index contributed by atoms with van der Waals surface area (Å²) in [6.45, 7) is 6.17. The Bertz CT molecular complexity index is 521. The van der Waals surface area contributed by atoms with Gasteiger partial charge in [-0.2, -0.15) is 0 Å². The molecular formula is C14H22N4S2. The molecule has 0 aliphatic heterocycles. The van der Waals surface area contributed by atoms with Gasteiger partial charge in [-0.1, -0.05) is 13.8 Å². The van der Waals surface area contributed by atoms with E-state index in [0.717, 1.165) is 30.3 Å². The van der Waals surface area contributed by atoms with Crippen LogP contribution < -0.4 is 10.2 Å². The summed E-state index contributed by atoms with van der Waals surface area (Å²) in [4.78, 5) is 12.7. The minimum atomic E-state index is 0.510. The minimum Gasteiger partial charge on any atom is -0.345 e. The van der Waals surface area contributed by atoms with Crippen molar-refractivity contribution in [3.05, 3.63) is 27.2 Å². The lowest BCUT2D eigenvalue weighted by atomic mass is 10.0. The maximum absolute atomic E-state index is 4.86. The van der Waals surface area contributed by atoms with Gasteiger partial charge in [-0.25, -0.2) is 9.97 Å². The highest BCUT2D eigenvalue weighted by molar-refractivity contribution is 7.15. The van der Waals surface area contributed by atoms with E-state index in [4.69, 9.17) is 4.98 Å². The van der Waals surface area contributed by atoms with Crippen molar-refractivity contribution in [1.29, 1.82) is 0 Å². The molecule has 2 aromatic rings. The fourth-order valence-corrected chi connectivity index (χ4v) is 3.71. The summed E-state index contributed by atoms with van der Waals surface area (Å²) in [6.07, 6.45) is 1.12. The first-order chi connectivity index (χ1) is 9.65. The van der Waals surface area contributed by atoms with Gasteiger partial charge >= 0.3 is 0 Å². The van der Waals surface area contributed by atoms with E-state index >= 15 is 0 Å². The van der Waals surface area contributed by atoms with E-state index < -0.39 is 0 Å². The number of nitrogens with zero attached hydrogens (tertiary/aromatic N) is 3. The van der Waals surface area contributed by atoms with Crippen LogP contribution in [-0.4, -0.2) is 24.1 Å². The van der Waals surface area contributed by atoms with Crippen molar-refractivity contribution in [3.63, 3.8) is 0 Å². The van der Waals surface area contributed by atoms with Crippen molar-refractivity contribution in [2.24, 2.45) is 0 Å². The Balaban J connectivity index is 2.18. The van der Waals surface area contributed by atoms with Crippen LogP contribution in [0, 0.1) is 0 Å². The van der Waals surface area contributed by atoms with E-state index in [1.54, 1.807) is 22.7 Å². The molecule has 6 heteroatoms. The fourth-order valence-electron chi connectivity index (χ4n) is 2.01. The number of rotatable bonds is 7. The molecule has 0 amide bonds. The van der Waals surface area contributed by atoms with Crippen molar-refractivity contribution in [1.82, 2.24) is 15.3 Å². The van der Waals surface area contributed by atoms with Crippen molar-refractivity contribution >= 4 is 27.8 Å². The molecule has 1 unspecified atom stereocenters. The SMILES string of the molecule is CCC(C)c1nc(N(C)Cc2cscn2)sc1CNC. The van der Waals surface area contributed by atoms with Gasteiger partial charge in [-0.05, 0) is 19.4 Å². The molecule has 1 atom stereocenters. The molecule has 4 nitrogen and oxygen atoms in total. The van der Waals surface area contributed by atoms with Crippen molar-refractivity contribution in [2.75, 3.05) is 19.0 Å². The zero-order valence-corrected chi connectivity index (χ0v) is 14.1. The van der Waals surface area contributed by atoms with Crippen LogP contribution in [0.1, 0.15) is 42.5 Å². The summed E-state index contributed by atoms with van der Waals surface area (Å²) in [5.74, 6) is 0.510. The molecule has 2 aromatic heterocycles. The Morgan fingerprint density at radius 2 is 2.25 bits per heavy atom. The molecule has 2 heterocycles. The molecule has 0 aliphatic carbocycles. The third kappa shape index (κ3) is 3.56. The standard InChI is InChI=1S/C14H22N4S2/c1-5-10(2)13-12(6-15-3)20-14(17-13)18(4)7-11-8-19-9-16-11/h8-10,15H,5-7H2,1-4H3. The second kappa shape index (κ2) is 7.15. The lowest BCUT2D eigenvalue weighted by Gasteiger charge is -2.13. The number of thiazole rings is 2. The maximum Gasteiger partial charge on any atom is 0.185 e. The quantitative estimate of drug-likeness (QED) is 0.850. The van der Waals surface area contributed by atoms with Crippen LogP contribution in [0.5, 0.6) is 0 Å². The zero-order chi connectivity index (χ0) is 14.5. The van der Waals surface area contributed by atoms with E-state index in [9.17, 15) is 0 Å². The van der Waals surface area contributed by atoms with Crippen LogP contribution in [0.3, 0.4) is 0 Å². The number of hydrogen-bond donors (Lipinski definition) is 1. The average molecular weight is 310 g/mol. The number of nitrogens with one attached hydrogen (secondary N) is 1. The molecular weight excluding hydrogens is 288 g/mol. The molecule has 1 N–H and O–H groups in total. The third-order valence-corrected chi connectivity index (χ3v) is 5.16. The van der Waals surface area contributed by atoms with Gasteiger partial charge in [0.15, 0.2) is 5.13 Å². The number of anilines is 1. The summed E-state index contributed by atoms with van der Waals surface area (Å²) >= 11 is 3.42. The lowest BCUT2D eigenvalue weighted by Crippen LogP contribution is -2.16. The van der Waals surface area contributed by atoms with Gasteiger partial charge in [0.2, 0.25) is 0 Å². The van der Waals surface area contributed by atoms with Crippen LogP contribution in [0.2, 0.25) is 0 Å². The molecule has 110 valence electrons. The van der Waals surface area contributed by atoms with Gasteiger partial charge in [0, 0.05) is 23.8 Å². The smallest absolute Gasteiger partial charge is 0.185 e. The first-order valence-corrected chi connectivity index (χ1v) is 8.64. The van der Waals surface area contributed by atoms with E-state index in [-0.39, 0.29) is 0 Å². The molecule has 2 rings (SSSR count). The van der Waals surface area contributed by atoms with Crippen molar-refractivity contribution in [2.45, 2.75) is 39.3 Å². The first kappa shape index (κ1) is 15.4. The van der Waals surface area contributed by atoms with Crippen molar-refractivity contribution < 1.29 is 0 Å². The Kier molecular flexibility index (Phi) is 5.51. The lowest BCUT2D eigenvalue weighted by molar-refractivity contribution is 0.692. The first-order valence-electron chi connectivity index (χ1n) is 6.88. The number of hydrogen-bond acceptors (Lipinski definition) is 6. The van der Waals surface area contributed by atoms with Crippen LogP contribution in [0.25, 0.3) is 0 Å². The van der Waals surface area contributed by atoms with E-state index in [0.29, 0.717) is 5.92 Å². The Hall–Kier alpha value is -0.980. The Labute approximate surface area is 128 Å². The van der Waals surface area contributed by atoms with E-state index in [2.05, 4.69) is 41.5 Å². The molecule has 0 aromatic carbocycles. The molecule has 0 fully saturated rings. The second-order valence-corrected chi connectivity index (χ2v) is 6.76. The second-order valence-electron chi connectivity index (χ2n) is 4.98. The van der Waals surface area contributed by atoms with E-state index in [1.807, 2.05) is 12.6 Å². The molecule has 20 heavy (non-hydrogen) atoms. The predicted octanol–water partition coefficient (Wildman–Crippen LogP) is 3.47. The molecule has 0 saturated heterocycles. The van der Waals surface area contributed by atoms with E-state index in [1.165, 1.54) is 10.6 Å². The molecule has 0 radical (unpaired) electrons. The highest BCUT2D eigenvalue weighted by Crippen LogP contribution is 2.32. The van der Waals surface area contributed by atoms with Gasteiger partial charge in [-0.15, -0.1) is 22.7 Å². The Morgan fingerprint density at radius 1 is 1.45 bits per heavy atom. The number of aromatic nitrogens is 2. The van der Waals surface area contributed by atoms with Crippen LogP contribution >= 0.6 is 22.7 Å². The normalized spacial score (nSPS) is 12.6. The maximum atomic E-state index is 4.86. The largest absolute Gasteiger partial charge is 0.345 e. The fraction of sp³-hybridized carbons (Fsp3) is 0.571.